The van der Waals surface area contributed by atoms with Crippen molar-refractivity contribution in [2.45, 2.75) is 45.3 Å². The van der Waals surface area contributed by atoms with E-state index in [0.29, 0.717) is 11.6 Å². The lowest BCUT2D eigenvalue weighted by atomic mass is 9.83. The van der Waals surface area contributed by atoms with E-state index in [2.05, 4.69) is 72.0 Å². The molecule has 4 aromatic rings. The molecule has 1 aliphatic carbocycles. The number of hydrogen-bond donors (Lipinski definition) is 3. The molecule has 0 spiro atoms. The van der Waals surface area contributed by atoms with Crippen molar-refractivity contribution in [3.05, 3.63) is 90.3 Å². The van der Waals surface area contributed by atoms with Crippen LogP contribution in [-0.4, -0.2) is 27.6 Å². The molecular formula is C28H31N5O. The van der Waals surface area contributed by atoms with E-state index >= 15 is 0 Å². The highest BCUT2D eigenvalue weighted by molar-refractivity contribution is 6.02. The van der Waals surface area contributed by atoms with Gasteiger partial charge in [-0.3, -0.25) is 4.79 Å². The summed E-state index contributed by atoms with van der Waals surface area (Å²) in [5.74, 6) is -0.477. The zero-order valence-corrected chi connectivity index (χ0v) is 19.7. The molecule has 0 unspecified atom stereocenters. The lowest BCUT2D eigenvalue weighted by Crippen LogP contribution is -2.44. The number of nitrogens with zero attached hydrogens (tertiary/aromatic N) is 2. The van der Waals surface area contributed by atoms with Gasteiger partial charge in [0, 0.05) is 35.8 Å². The predicted molar refractivity (Wildman–Crippen MR) is 137 cm³/mol. The number of fused-ring (bicyclic) bond motifs is 1. The Morgan fingerprint density at radius 2 is 1.71 bits per heavy atom. The van der Waals surface area contributed by atoms with Crippen LogP contribution < -0.4 is 16.4 Å². The number of hydrogen-bond acceptors (Lipinski definition) is 4. The van der Waals surface area contributed by atoms with Gasteiger partial charge < -0.3 is 16.4 Å². The van der Waals surface area contributed by atoms with E-state index in [4.69, 9.17) is 5.73 Å². The van der Waals surface area contributed by atoms with E-state index in [0.717, 1.165) is 41.7 Å². The molecule has 1 fully saturated rings. The number of primary amides is 1. The highest BCUT2D eigenvalue weighted by Gasteiger charge is 2.43. The van der Waals surface area contributed by atoms with Crippen LogP contribution in [0.4, 0.5) is 5.69 Å². The normalized spacial score (nSPS) is 19.4. The van der Waals surface area contributed by atoms with Crippen LogP contribution in [0.5, 0.6) is 0 Å². The highest BCUT2D eigenvalue weighted by Crippen LogP contribution is 2.41. The van der Waals surface area contributed by atoms with Gasteiger partial charge in [0.2, 0.25) is 0 Å². The Morgan fingerprint density at radius 3 is 2.41 bits per heavy atom. The van der Waals surface area contributed by atoms with Crippen LogP contribution in [-0.2, 0) is 6.54 Å². The number of carbonyl (C=O) groups excluding carboxylic acids is 1. The first-order chi connectivity index (χ1) is 16.4. The minimum Gasteiger partial charge on any atom is -0.379 e. The fraction of sp³-hybridized carbons (Fsp3) is 0.286. The summed E-state index contributed by atoms with van der Waals surface area (Å²) in [6.07, 6.45) is 5.61. The molecule has 4 N–H and O–H groups in total. The molecule has 2 heterocycles. The number of nitrogens with two attached hydrogens (primary N) is 1. The maximum absolute atomic E-state index is 12.3. The van der Waals surface area contributed by atoms with Gasteiger partial charge in [-0.05, 0) is 30.0 Å². The molecule has 2 aromatic heterocycles. The van der Waals surface area contributed by atoms with Gasteiger partial charge in [-0.1, -0.05) is 74.5 Å². The van der Waals surface area contributed by atoms with Crippen molar-refractivity contribution in [2.24, 2.45) is 11.1 Å². The zero-order chi connectivity index (χ0) is 23.7. The first-order valence-electron chi connectivity index (χ1n) is 11.8. The molecule has 0 aliphatic heterocycles. The topological polar surface area (TPSA) is 84.4 Å². The quantitative estimate of drug-likeness (QED) is 0.373. The van der Waals surface area contributed by atoms with Gasteiger partial charge in [0.1, 0.15) is 0 Å². The first-order valence-corrected chi connectivity index (χ1v) is 11.8. The van der Waals surface area contributed by atoms with Crippen LogP contribution in [0.1, 0.15) is 42.6 Å². The third-order valence-electron chi connectivity index (χ3n) is 7.26. The van der Waals surface area contributed by atoms with E-state index in [1.54, 1.807) is 6.20 Å². The summed E-state index contributed by atoms with van der Waals surface area (Å²) >= 11 is 0. The number of carbonyl (C=O) groups is 1. The highest BCUT2D eigenvalue weighted by atomic mass is 16.1. The van der Waals surface area contributed by atoms with Gasteiger partial charge in [0.25, 0.3) is 5.91 Å². The smallest absolute Gasteiger partial charge is 0.252 e. The van der Waals surface area contributed by atoms with E-state index < -0.39 is 5.91 Å². The maximum Gasteiger partial charge on any atom is 0.252 e. The average molecular weight is 454 g/mol. The second-order valence-electron chi connectivity index (χ2n) is 9.74. The Morgan fingerprint density at radius 1 is 1.03 bits per heavy atom. The molecule has 5 rings (SSSR count). The number of aromatic nitrogens is 2. The molecule has 0 saturated heterocycles. The third-order valence-corrected chi connectivity index (χ3v) is 7.26. The van der Waals surface area contributed by atoms with Crippen LogP contribution in [0.15, 0.2) is 79.1 Å². The lowest BCUT2D eigenvalue weighted by Gasteiger charge is -2.35. The summed E-state index contributed by atoms with van der Waals surface area (Å²) in [5.41, 5.74) is 11.2. The molecule has 1 amide bonds. The fourth-order valence-corrected chi connectivity index (χ4v) is 5.14. The predicted octanol–water partition coefficient (Wildman–Crippen LogP) is 4.86. The summed E-state index contributed by atoms with van der Waals surface area (Å²) in [5, 5.41) is 11.9. The first kappa shape index (κ1) is 22.2. The molecule has 1 saturated carbocycles. The molecular weight excluding hydrogens is 422 g/mol. The van der Waals surface area contributed by atoms with Crippen molar-refractivity contribution in [3.8, 4) is 11.1 Å². The molecule has 0 radical (unpaired) electrons. The molecule has 6 heteroatoms. The minimum atomic E-state index is -0.477. The maximum atomic E-state index is 12.3. The molecule has 1 aliphatic rings. The van der Waals surface area contributed by atoms with Crippen LogP contribution >= 0.6 is 0 Å². The Labute approximate surface area is 200 Å². The molecule has 6 nitrogen and oxygen atoms in total. The SMILES string of the molecule is CC1(C)[C@@H](Nc2c(C(N)=O)cnn3cc(-c4ccccc4)cc23)CC[C@H]1NCc1ccccc1. The van der Waals surface area contributed by atoms with E-state index in [-0.39, 0.29) is 11.5 Å². The summed E-state index contributed by atoms with van der Waals surface area (Å²) in [6, 6.07) is 23.3. The van der Waals surface area contributed by atoms with Crippen LogP contribution in [0, 0.1) is 5.41 Å². The van der Waals surface area contributed by atoms with Crippen LogP contribution in [0.2, 0.25) is 0 Å². The summed E-state index contributed by atoms with van der Waals surface area (Å²) in [4.78, 5) is 12.3. The molecule has 174 valence electrons. The third kappa shape index (κ3) is 4.17. The van der Waals surface area contributed by atoms with Gasteiger partial charge in [0.15, 0.2) is 0 Å². The monoisotopic (exact) mass is 453 g/mol. The lowest BCUT2D eigenvalue weighted by molar-refractivity contribution is 0.100. The summed E-state index contributed by atoms with van der Waals surface area (Å²) in [6.45, 7) is 5.42. The van der Waals surface area contributed by atoms with Crippen molar-refractivity contribution < 1.29 is 4.79 Å². The Kier molecular flexibility index (Phi) is 5.84. The van der Waals surface area contributed by atoms with E-state index in [1.807, 2.05) is 35.0 Å². The molecule has 2 aromatic carbocycles. The summed E-state index contributed by atoms with van der Waals surface area (Å²) < 4.78 is 1.82. The summed E-state index contributed by atoms with van der Waals surface area (Å²) in [7, 11) is 0. The number of amides is 1. The number of anilines is 1. The largest absolute Gasteiger partial charge is 0.379 e. The van der Waals surface area contributed by atoms with E-state index in [1.165, 1.54) is 5.56 Å². The van der Waals surface area contributed by atoms with Crippen LogP contribution in [0.25, 0.3) is 16.6 Å². The van der Waals surface area contributed by atoms with Gasteiger partial charge in [-0.25, -0.2) is 4.52 Å². The van der Waals surface area contributed by atoms with Crippen molar-refractivity contribution in [2.75, 3.05) is 5.32 Å². The Balaban J connectivity index is 1.43. The Hall–Kier alpha value is -3.64. The fourth-order valence-electron chi connectivity index (χ4n) is 5.14. The number of nitrogens with one attached hydrogen (secondary N) is 2. The zero-order valence-electron chi connectivity index (χ0n) is 19.7. The molecule has 0 bridgehead atoms. The van der Waals surface area contributed by atoms with Crippen molar-refractivity contribution in [3.63, 3.8) is 0 Å². The van der Waals surface area contributed by atoms with Crippen LogP contribution in [0.3, 0.4) is 0 Å². The molecule has 2 atom stereocenters. The number of benzene rings is 2. The van der Waals surface area contributed by atoms with E-state index in [9.17, 15) is 4.79 Å². The van der Waals surface area contributed by atoms with Crippen molar-refractivity contribution in [1.82, 2.24) is 14.9 Å². The second-order valence-corrected chi connectivity index (χ2v) is 9.74. The van der Waals surface area contributed by atoms with Gasteiger partial charge >= 0.3 is 0 Å². The van der Waals surface area contributed by atoms with Gasteiger partial charge in [-0.2, -0.15) is 5.10 Å². The average Bonchev–Trinajstić information content (AvgIpc) is 3.40. The van der Waals surface area contributed by atoms with Crippen molar-refractivity contribution >= 4 is 17.1 Å². The second kappa shape index (κ2) is 8.95. The molecule has 34 heavy (non-hydrogen) atoms. The Bertz CT molecular complexity index is 1300. The number of rotatable bonds is 7. The standard InChI is InChI=1S/C28H31N5O/c1-28(2)24(30-16-19-9-5-3-6-10-19)13-14-25(28)32-26-22(27(29)34)17-31-33-18-21(15-23(26)33)20-11-7-4-8-12-20/h3-12,15,17-18,24-25,30,32H,13-14,16H2,1-2H3,(H2,29,34)/t24-,25+/m1/s1. The van der Waals surface area contributed by atoms with Gasteiger partial charge in [0.05, 0.1) is 23.0 Å². The van der Waals surface area contributed by atoms with Gasteiger partial charge in [-0.15, -0.1) is 0 Å². The van der Waals surface area contributed by atoms with Crippen molar-refractivity contribution in [1.29, 1.82) is 0 Å². The minimum absolute atomic E-state index is 0.0290.